The smallest absolute Gasteiger partial charge is 0.274 e. The van der Waals surface area contributed by atoms with Crippen molar-refractivity contribution >= 4 is 17.5 Å². The largest absolute Gasteiger partial charge is 0.347 e. The predicted octanol–water partition coefficient (Wildman–Crippen LogP) is 3.00. The lowest BCUT2D eigenvalue weighted by atomic mass is 10.0. The third-order valence-corrected chi connectivity index (χ3v) is 5.46. The van der Waals surface area contributed by atoms with Crippen molar-refractivity contribution < 1.29 is 14.3 Å². The molecule has 7 heteroatoms. The number of carbonyl (C=O) groups is 1. The maximum atomic E-state index is 12.7. The first-order chi connectivity index (χ1) is 13.4. The number of aromatic nitrogens is 2. The highest BCUT2D eigenvalue weighted by Gasteiger charge is 2.40. The van der Waals surface area contributed by atoms with E-state index in [-0.39, 0.29) is 5.91 Å². The molecule has 3 heterocycles. The number of hydrogen-bond donors (Lipinski definition) is 1. The molecular weight excluding hydrogens is 356 g/mol. The molecule has 2 aliphatic heterocycles. The molecule has 2 saturated heterocycles. The van der Waals surface area contributed by atoms with E-state index in [1.165, 1.54) is 5.56 Å². The summed E-state index contributed by atoms with van der Waals surface area (Å²) in [6.45, 7) is 8.74. The monoisotopic (exact) mass is 382 g/mol. The molecule has 0 aliphatic carbocycles. The Morgan fingerprint density at radius 3 is 2.43 bits per heavy atom. The number of ether oxygens (including phenoxy) is 2. The molecule has 1 aromatic heterocycles. The van der Waals surface area contributed by atoms with Crippen molar-refractivity contribution in [2.45, 2.75) is 39.4 Å². The van der Waals surface area contributed by atoms with Gasteiger partial charge < -0.3 is 19.7 Å². The van der Waals surface area contributed by atoms with Gasteiger partial charge in [-0.1, -0.05) is 6.07 Å². The lowest BCUT2D eigenvalue weighted by molar-refractivity contribution is -0.169. The minimum atomic E-state index is -0.441. The van der Waals surface area contributed by atoms with Gasteiger partial charge in [-0.05, 0) is 50.1 Å². The Kier molecular flexibility index (Phi) is 5.03. The molecule has 0 bridgehead atoms. The number of piperidine rings is 1. The molecule has 7 nitrogen and oxygen atoms in total. The zero-order valence-electron chi connectivity index (χ0n) is 16.6. The minimum absolute atomic E-state index is 0.231. The van der Waals surface area contributed by atoms with Crippen molar-refractivity contribution in [2.24, 2.45) is 0 Å². The van der Waals surface area contributed by atoms with Gasteiger partial charge in [-0.15, -0.1) is 0 Å². The van der Waals surface area contributed by atoms with Crippen molar-refractivity contribution in [3.8, 4) is 0 Å². The first kappa shape index (κ1) is 18.8. The van der Waals surface area contributed by atoms with E-state index < -0.39 is 5.79 Å². The van der Waals surface area contributed by atoms with Crippen LogP contribution in [0.2, 0.25) is 0 Å². The van der Waals surface area contributed by atoms with Gasteiger partial charge in [0.25, 0.3) is 5.91 Å². The molecule has 0 unspecified atom stereocenters. The molecule has 148 valence electrons. The molecule has 0 radical (unpaired) electrons. The van der Waals surface area contributed by atoms with Gasteiger partial charge in [-0.25, -0.2) is 9.97 Å². The van der Waals surface area contributed by atoms with E-state index in [0.29, 0.717) is 24.9 Å². The summed E-state index contributed by atoms with van der Waals surface area (Å²) in [4.78, 5) is 23.9. The van der Waals surface area contributed by atoms with Crippen LogP contribution in [0.3, 0.4) is 0 Å². The van der Waals surface area contributed by atoms with Crippen LogP contribution in [0, 0.1) is 20.8 Å². The molecule has 1 aromatic carbocycles. The van der Waals surface area contributed by atoms with E-state index in [1.807, 2.05) is 39.0 Å². The van der Waals surface area contributed by atoms with Crippen LogP contribution in [0.1, 0.15) is 40.2 Å². The van der Waals surface area contributed by atoms with E-state index >= 15 is 0 Å². The number of amides is 1. The fourth-order valence-electron chi connectivity index (χ4n) is 3.66. The molecule has 0 atom stereocenters. The highest BCUT2D eigenvalue weighted by Crippen LogP contribution is 2.32. The molecule has 1 amide bonds. The van der Waals surface area contributed by atoms with Crippen molar-refractivity contribution in [2.75, 3.05) is 36.5 Å². The van der Waals surface area contributed by atoms with Crippen molar-refractivity contribution in [1.82, 2.24) is 9.97 Å². The third-order valence-electron chi connectivity index (χ3n) is 5.46. The number of nitrogens with one attached hydrogen (secondary N) is 1. The lowest BCUT2D eigenvalue weighted by Crippen LogP contribution is -2.45. The minimum Gasteiger partial charge on any atom is -0.347 e. The van der Waals surface area contributed by atoms with Crippen LogP contribution in [-0.4, -0.2) is 48.0 Å². The Morgan fingerprint density at radius 1 is 1.04 bits per heavy atom. The fraction of sp³-hybridized carbons (Fsp3) is 0.476. The summed E-state index contributed by atoms with van der Waals surface area (Å²) in [6.07, 6.45) is 1.54. The number of anilines is 2. The Labute approximate surface area is 165 Å². The molecule has 2 aromatic rings. The van der Waals surface area contributed by atoms with Gasteiger partial charge >= 0.3 is 0 Å². The first-order valence-electron chi connectivity index (χ1n) is 9.71. The molecular formula is C21H26N4O3. The maximum Gasteiger partial charge on any atom is 0.274 e. The number of benzene rings is 1. The summed E-state index contributed by atoms with van der Waals surface area (Å²) in [6, 6.07) is 7.58. The average molecular weight is 382 g/mol. The van der Waals surface area contributed by atoms with E-state index in [4.69, 9.17) is 9.47 Å². The predicted molar refractivity (Wildman–Crippen MR) is 107 cm³/mol. The van der Waals surface area contributed by atoms with Gasteiger partial charge in [0.1, 0.15) is 5.69 Å². The second kappa shape index (κ2) is 7.48. The number of carbonyl (C=O) groups excluding carboxylic acids is 1. The number of hydrogen-bond acceptors (Lipinski definition) is 6. The van der Waals surface area contributed by atoms with Crippen LogP contribution in [0.4, 0.5) is 11.6 Å². The topological polar surface area (TPSA) is 76.6 Å². The quantitative estimate of drug-likeness (QED) is 0.879. The van der Waals surface area contributed by atoms with E-state index in [2.05, 4.69) is 20.2 Å². The van der Waals surface area contributed by atoms with Crippen LogP contribution < -0.4 is 10.2 Å². The van der Waals surface area contributed by atoms with Crippen molar-refractivity contribution in [1.29, 1.82) is 0 Å². The molecule has 28 heavy (non-hydrogen) atoms. The molecule has 0 saturated carbocycles. The molecule has 2 fully saturated rings. The normalized spacial score (nSPS) is 18.5. The van der Waals surface area contributed by atoms with Gasteiger partial charge in [0.15, 0.2) is 5.79 Å². The van der Waals surface area contributed by atoms with Crippen LogP contribution >= 0.6 is 0 Å². The van der Waals surface area contributed by atoms with E-state index in [9.17, 15) is 4.79 Å². The highest BCUT2D eigenvalue weighted by molar-refractivity contribution is 6.03. The average Bonchev–Trinajstić information content (AvgIpc) is 3.13. The van der Waals surface area contributed by atoms with Crippen molar-refractivity contribution in [3.63, 3.8) is 0 Å². The zero-order valence-corrected chi connectivity index (χ0v) is 16.6. The summed E-state index contributed by atoms with van der Waals surface area (Å²) in [7, 11) is 0. The molecule has 1 spiro atoms. The maximum absolute atomic E-state index is 12.7. The lowest BCUT2D eigenvalue weighted by Gasteiger charge is -2.37. The summed E-state index contributed by atoms with van der Waals surface area (Å²) < 4.78 is 11.6. The van der Waals surface area contributed by atoms with Gasteiger partial charge in [0, 0.05) is 37.3 Å². The number of rotatable bonds is 3. The van der Waals surface area contributed by atoms with Crippen LogP contribution in [0.25, 0.3) is 0 Å². The highest BCUT2D eigenvalue weighted by atomic mass is 16.7. The first-order valence-corrected chi connectivity index (χ1v) is 9.71. The second-order valence-electron chi connectivity index (χ2n) is 7.54. The zero-order chi connectivity index (χ0) is 19.7. The summed E-state index contributed by atoms with van der Waals surface area (Å²) in [5.41, 5.74) is 4.23. The molecule has 2 aliphatic rings. The van der Waals surface area contributed by atoms with Crippen LogP contribution in [0.5, 0.6) is 0 Å². The van der Waals surface area contributed by atoms with Crippen LogP contribution in [0.15, 0.2) is 24.3 Å². The summed E-state index contributed by atoms with van der Waals surface area (Å²) in [5, 5.41) is 2.94. The Balaban J connectivity index is 1.49. The van der Waals surface area contributed by atoms with Gasteiger partial charge in [-0.2, -0.15) is 0 Å². The Morgan fingerprint density at radius 2 is 1.75 bits per heavy atom. The Bertz CT molecular complexity index is 883. The van der Waals surface area contributed by atoms with Crippen LogP contribution in [-0.2, 0) is 9.47 Å². The number of nitrogens with zero attached hydrogens (tertiary/aromatic N) is 3. The summed E-state index contributed by atoms with van der Waals surface area (Å²) >= 11 is 0. The Hall–Kier alpha value is -2.51. The molecule has 4 rings (SSSR count). The van der Waals surface area contributed by atoms with Crippen molar-refractivity contribution in [3.05, 3.63) is 46.8 Å². The summed E-state index contributed by atoms with van der Waals surface area (Å²) in [5.74, 6) is -0.0897. The fourth-order valence-corrected chi connectivity index (χ4v) is 3.66. The molecule has 1 N–H and O–H groups in total. The van der Waals surface area contributed by atoms with Gasteiger partial charge in [0.05, 0.1) is 13.2 Å². The van der Waals surface area contributed by atoms with E-state index in [1.54, 1.807) is 6.07 Å². The SMILES string of the molecule is Cc1cc(C(=O)Nc2ccc(C)c(C)c2)nc(N2CCC3(CC2)OCCO3)n1. The third kappa shape index (κ3) is 3.86. The van der Waals surface area contributed by atoms with Gasteiger partial charge in [-0.3, -0.25) is 4.79 Å². The number of aryl methyl sites for hydroxylation is 3. The standard InChI is InChI=1S/C21H26N4O3/c1-14-4-5-17(12-15(14)2)23-19(26)18-13-16(3)22-20(24-18)25-8-6-21(7-9-25)27-10-11-28-21/h4-5,12-13H,6-11H2,1-3H3,(H,23,26). The van der Waals surface area contributed by atoms with Gasteiger partial charge in [0.2, 0.25) is 5.95 Å². The van der Waals surface area contributed by atoms with E-state index in [0.717, 1.165) is 42.9 Å². The second-order valence-corrected chi connectivity index (χ2v) is 7.54.